The first kappa shape index (κ1) is 13.4. The Morgan fingerprint density at radius 1 is 1.22 bits per heavy atom. The van der Waals surface area contributed by atoms with E-state index in [1.165, 1.54) is 32.1 Å². The lowest BCUT2D eigenvalue weighted by Crippen LogP contribution is -2.60. The zero-order valence-electron chi connectivity index (χ0n) is 11.4. The van der Waals surface area contributed by atoms with Crippen molar-refractivity contribution in [1.29, 1.82) is 0 Å². The monoisotopic (exact) mass is 252 g/mol. The smallest absolute Gasteiger partial charge is 0.245 e. The maximum Gasteiger partial charge on any atom is 0.245 e. The summed E-state index contributed by atoms with van der Waals surface area (Å²) >= 11 is 0. The molecule has 0 aromatic carbocycles. The van der Waals surface area contributed by atoms with Crippen LogP contribution in [0.5, 0.6) is 0 Å². The third kappa shape index (κ3) is 3.03. The fourth-order valence-corrected chi connectivity index (χ4v) is 3.02. The maximum atomic E-state index is 12.3. The van der Waals surface area contributed by atoms with E-state index in [4.69, 9.17) is 0 Å². The second kappa shape index (κ2) is 5.72. The van der Waals surface area contributed by atoms with Crippen LogP contribution in [-0.2, 0) is 9.59 Å². The molecule has 1 saturated carbocycles. The van der Waals surface area contributed by atoms with Crippen LogP contribution in [0.2, 0.25) is 0 Å². The fraction of sp³-hybridized carbons (Fsp3) is 0.857. The number of rotatable bonds is 3. The number of hydrogen-bond acceptors (Lipinski definition) is 2. The Labute approximate surface area is 109 Å². The average molecular weight is 252 g/mol. The van der Waals surface area contributed by atoms with Gasteiger partial charge in [0.25, 0.3) is 0 Å². The van der Waals surface area contributed by atoms with E-state index in [1.807, 2.05) is 13.8 Å². The Bertz CT molecular complexity index is 322. The number of carbonyl (C=O) groups excluding carboxylic acids is 2. The van der Waals surface area contributed by atoms with Gasteiger partial charge in [-0.1, -0.05) is 33.1 Å². The minimum absolute atomic E-state index is 0.0101. The molecule has 0 aromatic heterocycles. The minimum atomic E-state index is -0.324. The molecule has 4 nitrogen and oxygen atoms in total. The molecule has 2 rings (SSSR count). The summed E-state index contributed by atoms with van der Waals surface area (Å²) in [5, 5.41) is 2.80. The van der Waals surface area contributed by atoms with E-state index in [0.29, 0.717) is 5.92 Å². The van der Waals surface area contributed by atoms with Crippen LogP contribution in [0.25, 0.3) is 0 Å². The number of carbonyl (C=O) groups is 2. The number of nitrogens with one attached hydrogen (secondary N) is 1. The first-order valence-electron chi connectivity index (χ1n) is 7.16. The van der Waals surface area contributed by atoms with Crippen LogP contribution in [0.15, 0.2) is 0 Å². The van der Waals surface area contributed by atoms with E-state index in [1.54, 1.807) is 4.90 Å². The zero-order valence-corrected chi connectivity index (χ0v) is 11.4. The SMILES string of the molecule is CC(C)C1NC(=O)CN(CC2CCCCC2)C1=O. The summed E-state index contributed by atoms with van der Waals surface area (Å²) in [6.45, 7) is 4.98. The van der Waals surface area contributed by atoms with Crippen LogP contribution in [0.1, 0.15) is 46.0 Å². The van der Waals surface area contributed by atoms with Crippen LogP contribution in [0.4, 0.5) is 0 Å². The van der Waals surface area contributed by atoms with E-state index >= 15 is 0 Å². The summed E-state index contributed by atoms with van der Waals surface area (Å²) in [5.74, 6) is 0.858. The highest BCUT2D eigenvalue weighted by atomic mass is 16.2. The van der Waals surface area contributed by atoms with E-state index in [9.17, 15) is 9.59 Å². The molecule has 1 atom stereocenters. The van der Waals surface area contributed by atoms with Crippen molar-refractivity contribution in [3.05, 3.63) is 0 Å². The van der Waals surface area contributed by atoms with Gasteiger partial charge in [0, 0.05) is 6.54 Å². The molecule has 0 bridgehead atoms. The highest BCUT2D eigenvalue weighted by molar-refractivity contribution is 5.94. The number of hydrogen-bond donors (Lipinski definition) is 1. The maximum absolute atomic E-state index is 12.3. The Morgan fingerprint density at radius 3 is 2.50 bits per heavy atom. The fourth-order valence-electron chi connectivity index (χ4n) is 3.02. The summed E-state index contributed by atoms with van der Waals surface area (Å²) in [5.41, 5.74) is 0. The van der Waals surface area contributed by atoms with Gasteiger partial charge in [-0.25, -0.2) is 0 Å². The molecule has 0 radical (unpaired) electrons. The predicted octanol–water partition coefficient (Wildman–Crippen LogP) is 1.55. The summed E-state index contributed by atoms with van der Waals surface area (Å²) in [6.07, 6.45) is 6.27. The molecule has 1 aliphatic heterocycles. The van der Waals surface area contributed by atoms with Crippen LogP contribution >= 0.6 is 0 Å². The van der Waals surface area contributed by atoms with Crippen molar-refractivity contribution in [3.8, 4) is 0 Å². The van der Waals surface area contributed by atoms with Crippen molar-refractivity contribution in [3.63, 3.8) is 0 Å². The van der Waals surface area contributed by atoms with Crippen LogP contribution in [0.3, 0.4) is 0 Å². The van der Waals surface area contributed by atoms with Crippen LogP contribution in [-0.4, -0.2) is 35.8 Å². The Balaban J connectivity index is 1.97. The molecule has 0 aromatic rings. The van der Waals surface area contributed by atoms with E-state index in [0.717, 1.165) is 6.54 Å². The van der Waals surface area contributed by atoms with Gasteiger partial charge in [-0.2, -0.15) is 0 Å². The molecule has 102 valence electrons. The van der Waals surface area contributed by atoms with Crippen molar-refractivity contribution in [2.75, 3.05) is 13.1 Å². The molecule has 1 saturated heterocycles. The van der Waals surface area contributed by atoms with E-state index < -0.39 is 0 Å². The molecule has 0 spiro atoms. The zero-order chi connectivity index (χ0) is 13.1. The molecule has 18 heavy (non-hydrogen) atoms. The second-order valence-corrected chi connectivity index (χ2v) is 6.01. The molecular formula is C14H24N2O2. The highest BCUT2D eigenvalue weighted by Crippen LogP contribution is 2.25. The summed E-state index contributed by atoms with van der Waals surface area (Å²) in [6, 6.07) is -0.324. The Kier molecular flexibility index (Phi) is 4.25. The predicted molar refractivity (Wildman–Crippen MR) is 69.9 cm³/mol. The van der Waals surface area contributed by atoms with Gasteiger partial charge in [-0.05, 0) is 24.7 Å². The number of nitrogens with zero attached hydrogens (tertiary/aromatic N) is 1. The van der Waals surface area contributed by atoms with Crippen molar-refractivity contribution in [2.45, 2.75) is 52.0 Å². The van der Waals surface area contributed by atoms with Crippen molar-refractivity contribution < 1.29 is 9.59 Å². The third-order valence-electron chi connectivity index (χ3n) is 4.10. The lowest BCUT2D eigenvalue weighted by Gasteiger charge is -2.37. The van der Waals surface area contributed by atoms with Crippen LogP contribution in [0, 0.1) is 11.8 Å². The molecule has 2 aliphatic rings. The van der Waals surface area contributed by atoms with Gasteiger partial charge in [0.1, 0.15) is 6.04 Å². The van der Waals surface area contributed by atoms with Gasteiger partial charge >= 0.3 is 0 Å². The normalized spacial score (nSPS) is 26.6. The van der Waals surface area contributed by atoms with Gasteiger partial charge < -0.3 is 10.2 Å². The van der Waals surface area contributed by atoms with Gasteiger partial charge in [0.2, 0.25) is 11.8 Å². The van der Waals surface area contributed by atoms with Gasteiger partial charge in [-0.3, -0.25) is 9.59 Å². The topological polar surface area (TPSA) is 49.4 Å². The summed E-state index contributed by atoms with van der Waals surface area (Å²) in [7, 11) is 0. The minimum Gasteiger partial charge on any atom is -0.343 e. The van der Waals surface area contributed by atoms with Crippen molar-refractivity contribution >= 4 is 11.8 Å². The number of amides is 2. The molecule has 1 unspecified atom stereocenters. The highest BCUT2D eigenvalue weighted by Gasteiger charge is 2.35. The van der Waals surface area contributed by atoms with Crippen molar-refractivity contribution in [2.24, 2.45) is 11.8 Å². The molecule has 1 N–H and O–H groups in total. The lowest BCUT2D eigenvalue weighted by atomic mass is 9.88. The van der Waals surface area contributed by atoms with Crippen LogP contribution < -0.4 is 5.32 Å². The number of piperazine rings is 1. The van der Waals surface area contributed by atoms with Gasteiger partial charge in [0.05, 0.1) is 6.54 Å². The molecule has 1 heterocycles. The largest absolute Gasteiger partial charge is 0.343 e. The molecule has 2 fully saturated rings. The molecule has 2 amide bonds. The first-order chi connectivity index (χ1) is 8.58. The Hall–Kier alpha value is -1.06. The van der Waals surface area contributed by atoms with Gasteiger partial charge in [-0.15, -0.1) is 0 Å². The second-order valence-electron chi connectivity index (χ2n) is 6.01. The lowest BCUT2D eigenvalue weighted by molar-refractivity contribution is -0.146. The van der Waals surface area contributed by atoms with Gasteiger partial charge in [0.15, 0.2) is 0 Å². The van der Waals surface area contributed by atoms with Crippen molar-refractivity contribution in [1.82, 2.24) is 10.2 Å². The summed E-state index contributed by atoms with van der Waals surface area (Å²) in [4.78, 5) is 25.7. The average Bonchev–Trinajstić information content (AvgIpc) is 2.34. The summed E-state index contributed by atoms with van der Waals surface area (Å²) < 4.78 is 0. The molecule has 1 aliphatic carbocycles. The van der Waals surface area contributed by atoms with E-state index in [2.05, 4.69) is 5.32 Å². The quantitative estimate of drug-likeness (QED) is 0.828. The molecular weight excluding hydrogens is 228 g/mol. The standard InChI is InChI=1S/C14H24N2O2/c1-10(2)13-14(18)16(9-12(17)15-13)8-11-6-4-3-5-7-11/h10-11,13H,3-9H2,1-2H3,(H,15,17). The first-order valence-corrected chi connectivity index (χ1v) is 7.16. The Morgan fingerprint density at radius 2 is 1.89 bits per heavy atom. The molecule has 4 heteroatoms. The van der Waals surface area contributed by atoms with E-state index in [-0.39, 0.29) is 30.3 Å². The third-order valence-corrected chi connectivity index (χ3v) is 4.10.